The second-order valence-electron chi connectivity index (χ2n) is 3.70. The first-order valence-electron chi connectivity index (χ1n) is 5.33. The molecule has 0 amide bonds. The Labute approximate surface area is 98.5 Å². The number of hydrogen-bond donors (Lipinski definition) is 0. The van der Waals surface area contributed by atoms with Gasteiger partial charge in [0, 0.05) is 11.8 Å². The van der Waals surface area contributed by atoms with Gasteiger partial charge in [0.25, 0.3) is 0 Å². The van der Waals surface area contributed by atoms with Crippen LogP contribution < -0.4 is 4.74 Å². The summed E-state index contributed by atoms with van der Waals surface area (Å²) < 4.78 is 6.90. The molecule has 0 saturated carbocycles. The monoisotopic (exact) mass is 225 g/mol. The molecule has 17 heavy (non-hydrogen) atoms. The van der Waals surface area contributed by atoms with E-state index in [9.17, 15) is 0 Å². The summed E-state index contributed by atoms with van der Waals surface area (Å²) in [5, 5.41) is 8.27. The van der Waals surface area contributed by atoms with Crippen LogP contribution in [-0.2, 0) is 0 Å². The lowest BCUT2D eigenvalue weighted by Crippen LogP contribution is -1.84. The maximum Gasteiger partial charge on any atom is 0.120 e. The highest BCUT2D eigenvalue weighted by Crippen LogP contribution is 2.23. The largest absolute Gasteiger partial charge is 0.497 e. The summed E-state index contributed by atoms with van der Waals surface area (Å²) in [6, 6.07) is 13.7. The topological polar surface area (TPSA) is 39.4 Å². The zero-order valence-electron chi connectivity index (χ0n) is 9.37. The number of ether oxygens (including phenoxy) is 1. The molecule has 0 aliphatic heterocycles. The van der Waals surface area contributed by atoms with Gasteiger partial charge in [-0.2, -0.15) is 0 Å². The van der Waals surface area contributed by atoms with Gasteiger partial charge in [-0.25, -0.2) is 4.52 Å². The Balaban J connectivity index is 2.13. The Morgan fingerprint density at radius 2 is 1.88 bits per heavy atom. The van der Waals surface area contributed by atoms with Crippen LogP contribution in [0.2, 0.25) is 0 Å². The van der Waals surface area contributed by atoms with Gasteiger partial charge < -0.3 is 4.74 Å². The number of fused-ring (bicyclic) bond motifs is 1. The molecule has 84 valence electrons. The standard InChI is InChI=1S/C13H11N3O/c1-17-11-7-5-10(6-8-11)13-12-4-2-3-9-16(12)15-14-13/h2-9H,1H3. The number of rotatable bonds is 2. The summed E-state index contributed by atoms with van der Waals surface area (Å²) in [5.41, 5.74) is 2.91. The van der Waals surface area contributed by atoms with Crippen molar-refractivity contribution in [3.63, 3.8) is 0 Å². The summed E-state index contributed by atoms with van der Waals surface area (Å²) in [7, 11) is 1.66. The fourth-order valence-electron chi connectivity index (χ4n) is 1.80. The fourth-order valence-corrected chi connectivity index (χ4v) is 1.80. The molecule has 4 heteroatoms. The number of methoxy groups -OCH3 is 1. The van der Waals surface area contributed by atoms with Crippen molar-refractivity contribution in [2.45, 2.75) is 0 Å². The van der Waals surface area contributed by atoms with Crippen molar-refractivity contribution >= 4 is 5.52 Å². The molecule has 4 nitrogen and oxygen atoms in total. The molecule has 2 heterocycles. The predicted molar refractivity (Wildman–Crippen MR) is 65.0 cm³/mol. The highest BCUT2D eigenvalue weighted by atomic mass is 16.5. The maximum absolute atomic E-state index is 5.13. The van der Waals surface area contributed by atoms with E-state index in [4.69, 9.17) is 4.74 Å². The van der Waals surface area contributed by atoms with Crippen LogP contribution in [0.15, 0.2) is 48.7 Å². The van der Waals surface area contributed by atoms with Gasteiger partial charge in [-0.05, 0) is 36.4 Å². The van der Waals surface area contributed by atoms with Gasteiger partial charge in [0.15, 0.2) is 0 Å². The first-order valence-corrected chi connectivity index (χ1v) is 5.33. The van der Waals surface area contributed by atoms with Crippen LogP contribution in [0.1, 0.15) is 0 Å². The lowest BCUT2D eigenvalue weighted by atomic mass is 10.1. The molecule has 0 aliphatic rings. The minimum Gasteiger partial charge on any atom is -0.497 e. The van der Waals surface area contributed by atoms with Crippen molar-refractivity contribution in [3.8, 4) is 17.0 Å². The Bertz CT molecular complexity index is 643. The molecule has 0 saturated heterocycles. The average Bonchev–Trinajstić information content (AvgIpc) is 2.83. The minimum atomic E-state index is 0.838. The highest BCUT2D eigenvalue weighted by Gasteiger charge is 2.07. The van der Waals surface area contributed by atoms with E-state index in [1.807, 2.05) is 48.7 Å². The number of aromatic nitrogens is 3. The third kappa shape index (κ3) is 1.63. The van der Waals surface area contributed by atoms with Crippen molar-refractivity contribution < 1.29 is 4.74 Å². The fraction of sp³-hybridized carbons (Fsp3) is 0.0769. The van der Waals surface area contributed by atoms with Crippen LogP contribution in [0.5, 0.6) is 5.75 Å². The maximum atomic E-state index is 5.13. The van der Waals surface area contributed by atoms with Gasteiger partial charge in [0.05, 0.1) is 12.6 Å². The quantitative estimate of drug-likeness (QED) is 0.672. The van der Waals surface area contributed by atoms with E-state index in [0.717, 1.165) is 22.5 Å². The van der Waals surface area contributed by atoms with Crippen molar-refractivity contribution in [3.05, 3.63) is 48.7 Å². The molecule has 3 rings (SSSR count). The van der Waals surface area contributed by atoms with E-state index < -0.39 is 0 Å². The molecule has 0 unspecified atom stereocenters. The summed E-state index contributed by atoms with van der Waals surface area (Å²) >= 11 is 0. The molecular formula is C13H11N3O. The van der Waals surface area contributed by atoms with Gasteiger partial charge in [0.2, 0.25) is 0 Å². The molecule has 2 aromatic heterocycles. The molecular weight excluding hydrogens is 214 g/mol. The van der Waals surface area contributed by atoms with E-state index in [1.54, 1.807) is 11.6 Å². The average molecular weight is 225 g/mol. The summed E-state index contributed by atoms with van der Waals surface area (Å²) in [6.07, 6.45) is 1.88. The van der Waals surface area contributed by atoms with Crippen LogP contribution >= 0.6 is 0 Å². The molecule has 1 aromatic carbocycles. The van der Waals surface area contributed by atoms with Gasteiger partial charge in [-0.1, -0.05) is 11.3 Å². The number of pyridine rings is 1. The van der Waals surface area contributed by atoms with E-state index in [0.29, 0.717) is 0 Å². The molecule has 0 fully saturated rings. The third-order valence-electron chi connectivity index (χ3n) is 2.69. The zero-order chi connectivity index (χ0) is 11.7. The first kappa shape index (κ1) is 9.84. The first-order chi connectivity index (χ1) is 8.38. The van der Waals surface area contributed by atoms with Crippen LogP contribution in [0.25, 0.3) is 16.8 Å². The number of benzene rings is 1. The lowest BCUT2D eigenvalue weighted by molar-refractivity contribution is 0.415. The smallest absolute Gasteiger partial charge is 0.120 e. The van der Waals surface area contributed by atoms with Crippen molar-refractivity contribution in [1.82, 2.24) is 14.8 Å². The minimum absolute atomic E-state index is 0.838. The lowest BCUT2D eigenvalue weighted by Gasteiger charge is -2.00. The molecule has 0 radical (unpaired) electrons. The zero-order valence-corrected chi connectivity index (χ0v) is 9.37. The summed E-state index contributed by atoms with van der Waals surface area (Å²) in [4.78, 5) is 0. The predicted octanol–water partition coefficient (Wildman–Crippen LogP) is 2.40. The molecule has 0 aliphatic carbocycles. The van der Waals surface area contributed by atoms with E-state index >= 15 is 0 Å². The van der Waals surface area contributed by atoms with Crippen LogP contribution in [0.4, 0.5) is 0 Å². The molecule has 0 spiro atoms. The molecule has 0 N–H and O–H groups in total. The Hall–Kier alpha value is -2.36. The third-order valence-corrected chi connectivity index (χ3v) is 2.69. The van der Waals surface area contributed by atoms with E-state index in [-0.39, 0.29) is 0 Å². The van der Waals surface area contributed by atoms with Crippen LogP contribution in [0, 0.1) is 0 Å². The van der Waals surface area contributed by atoms with Crippen LogP contribution in [-0.4, -0.2) is 21.9 Å². The Morgan fingerprint density at radius 1 is 1.06 bits per heavy atom. The summed E-state index contributed by atoms with van der Waals surface area (Å²) in [6.45, 7) is 0. The van der Waals surface area contributed by atoms with Gasteiger partial charge in [-0.3, -0.25) is 0 Å². The SMILES string of the molecule is COc1ccc(-c2nnn3ccccc23)cc1. The number of nitrogens with zero attached hydrogens (tertiary/aromatic N) is 3. The van der Waals surface area contributed by atoms with Crippen molar-refractivity contribution in [2.24, 2.45) is 0 Å². The van der Waals surface area contributed by atoms with E-state index in [1.165, 1.54) is 0 Å². The molecule has 3 aromatic rings. The normalized spacial score (nSPS) is 10.6. The molecule has 0 atom stereocenters. The van der Waals surface area contributed by atoms with Gasteiger partial charge >= 0.3 is 0 Å². The Morgan fingerprint density at radius 3 is 2.65 bits per heavy atom. The highest BCUT2D eigenvalue weighted by molar-refractivity contribution is 5.76. The van der Waals surface area contributed by atoms with E-state index in [2.05, 4.69) is 10.3 Å². The van der Waals surface area contributed by atoms with Crippen LogP contribution in [0.3, 0.4) is 0 Å². The van der Waals surface area contributed by atoms with Gasteiger partial charge in [-0.15, -0.1) is 5.10 Å². The molecule has 0 bridgehead atoms. The van der Waals surface area contributed by atoms with Crippen molar-refractivity contribution in [1.29, 1.82) is 0 Å². The Kier molecular flexibility index (Phi) is 2.26. The number of hydrogen-bond acceptors (Lipinski definition) is 3. The summed E-state index contributed by atoms with van der Waals surface area (Å²) in [5.74, 6) is 0.838. The second kappa shape index (κ2) is 3.90. The van der Waals surface area contributed by atoms with Gasteiger partial charge in [0.1, 0.15) is 11.4 Å². The second-order valence-corrected chi connectivity index (χ2v) is 3.70. The van der Waals surface area contributed by atoms with Crippen molar-refractivity contribution in [2.75, 3.05) is 7.11 Å².